The van der Waals surface area contributed by atoms with Crippen LogP contribution in [0.1, 0.15) is 17.5 Å². The van der Waals surface area contributed by atoms with E-state index in [4.69, 9.17) is 0 Å². The first-order valence-electron chi connectivity index (χ1n) is 5.54. The Morgan fingerprint density at radius 3 is 2.67 bits per heavy atom. The minimum Gasteiger partial charge on any atom is -0.460 e. The van der Waals surface area contributed by atoms with Crippen LogP contribution in [0.15, 0.2) is 42.7 Å². The molecule has 1 heterocycles. The normalized spacial score (nSPS) is 10.1. The molecule has 0 fully saturated rings. The van der Waals surface area contributed by atoms with Gasteiger partial charge in [0, 0.05) is 18.1 Å². The molecule has 0 N–H and O–H groups in total. The average Bonchev–Trinajstić information content (AvgIpc) is 2.88. The topological polar surface area (TPSA) is 61.2 Å². The van der Waals surface area contributed by atoms with Gasteiger partial charge in [-0.05, 0) is 19.1 Å². The van der Waals surface area contributed by atoms with Gasteiger partial charge in [0.2, 0.25) is 0 Å². The Kier molecular flexibility index (Phi) is 3.52. The number of carbonyl (C=O) groups is 2. The van der Waals surface area contributed by atoms with Gasteiger partial charge in [-0.2, -0.15) is 0 Å². The van der Waals surface area contributed by atoms with Crippen LogP contribution >= 0.6 is 0 Å². The fourth-order valence-corrected chi connectivity index (χ4v) is 1.56. The van der Waals surface area contributed by atoms with Crippen LogP contribution in [0.2, 0.25) is 0 Å². The van der Waals surface area contributed by atoms with E-state index in [2.05, 4.69) is 9.72 Å². The standard InChI is InChI=1S/C13H12N2O3/c1-2-18-13(17)11(16)12-14-8-9-15(12)10-6-4-3-5-7-10/h3-9H,2H2,1H3. The highest BCUT2D eigenvalue weighted by Crippen LogP contribution is 2.10. The molecule has 2 aromatic rings. The number of hydrogen-bond donors (Lipinski definition) is 0. The molecule has 0 unspecified atom stereocenters. The molecule has 1 aromatic carbocycles. The molecule has 5 heteroatoms. The molecule has 0 amide bonds. The third-order valence-electron chi connectivity index (χ3n) is 2.34. The van der Waals surface area contributed by atoms with E-state index in [1.54, 1.807) is 17.7 Å². The molecule has 5 nitrogen and oxygen atoms in total. The number of imidazole rings is 1. The average molecular weight is 244 g/mol. The molecule has 0 bridgehead atoms. The van der Waals surface area contributed by atoms with Crippen LogP contribution < -0.4 is 0 Å². The summed E-state index contributed by atoms with van der Waals surface area (Å²) in [6.07, 6.45) is 3.10. The Hall–Kier alpha value is -2.43. The summed E-state index contributed by atoms with van der Waals surface area (Å²) >= 11 is 0. The van der Waals surface area contributed by atoms with Gasteiger partial charge in [-0.25, -0.2) is 9.78 Å². The summed E-state index contributed by atoms with van der Waals surface area (Å²) in [5, 5.41) is 0. The van der Waals surface area contributed by atoms with Crippen molar-refractivity contribution in [3.05, 3.63) is 48.5 Å². The van der Waals surface area contributed by atoms with Crippen molar-refractivity contribution < 1.29 is 14.3 Å². The predicted octanol–water partition coefficient (Wildman–Crippen LogP) is 1.62. The second-order valence-corrected chi connectivity index (χ2v) is 3.51. The third-order valence-corrected chi connectivity index (χ3v) is 2.34. The van der Waals surface area contributed by atoms with Crippen LogP contribution in [-0.2, 0) is 9.53 Å². The van der Waals surface area contributed by atoms with Gasteiger partial charge >= 0.3 is 11.8 Å². The zero-order valence-electron chi connectivity index (χ0n) is 9.87. The molecule has 0 aliphatic rings. The van der Waals surface area contributed by atoms with Crippen molar-refractivity contribution in [2.24, 2.45) is 0 Å². The van der Waals surface area contributed by atoms with Crippen molar-refractivity contribution in [3.63, 3.8) is 0 Å². The van der Waals surface area contributed by atoms with E-state index in [9.17, 15) is 9.59 Å². The molecule has 0 radical (unpaired) electrons. The largest absolute Gasteiger partial charge is 0.460 e. The van der Waals surface area contributed by atoms with Gasteiger partial charge in [0.1, 0.15) is 0 Å². The van der Waals surface area contributed by atoms with Gasteiger partial charge in [-0.1, -0.05) is 18.2 Å². The minimum absolute atomic E-state index is 0.0552. The lowest BCUT2D eigenvalue weighted by Gasteiger charge is -2.06. The number of hydrogen-bond acceptors (Lipinski definition) is 4. The number of esters is 1. The smallest absolute Gasteiger partial charge is 0.383 e. The van der Waals surface area contributed by atoms with E-state index in [0.29, 0.717) is 0 Å². The molecule has 0 saturated carbocycles. The summed E-state index contributed by atoms with van der Waals surface area (Å²) in [7, 11) is 0. The molecule has 18 heavy (non-hydrogen) atoms. The number of rotatable bonds is 4. The van der Waals surface area contributed by atoms with Crippen molar-refractivity contribution in [2.45, 2.75) is 6.92 Å². The lowest BCUT2D eigenvalue weighted by Crippen LogP contribution is -2.21. The van der Waals surface area contributed by atoms with Crippen molar-refractivity contribution >= 4 is 11.8 Å². The second kappa shape index (κ2) is 5.27. The summed E-state index contributed by atoms with van der Waals surface area (Å²) in [6.45, 7) is 1.81. The molecule has 0 aliphatic carbocycles. The van der Waals surface area contributed by atoms with E-state index >= 15 is 0 Å². The molecule has 92 valence electrons. The Morgan fingerprint density at radius 2 is 2.00 bits per heavy atom. The van der Waals surface area contributed by atoms with Gasteiger partial charge in [-0.15, -0.1) is 0 Å². The number of Topliss-reactive ketones (excluding diaryl/α,β-unsaturated/α-hetero) is 1. The fourth-order valence-electron chi connectivity index (χ4n) is 1.56. The van der Waals surface area contributed by atoms with Gasteiger partial charge in [0.25, 0.3) is 0 Å². The molecule has 0 atom stereocenters. The van der Waals surface area contributed by atoms with Crippen molar-refractivity contribution in [1.82, 2.24) is 9.55 Å². The maximum Gasteiger partial charge on any atom is 0.383 e. The summed E-state index contributed by atoms with van der Waals surface area (Å²) in [4.78, 5) is 27.1. The SMILES string of the molecule is CCOC(=O)C(=O)c1nccn1-c1ccccc1. The van der Waals surface area contributed by atoms with Crippen molar-refractivity contribution in [3.8, 4) is 5.69 Å². The number of ketones is 1. The summed E-state index contributed by atoms with van der Waals surface area (Å²) in [5.74, 6) is -1.58. The molecule has 0 spiro atoms. The lowest BCUT2D eigenvalue weighted by molar-refractivity contribution is -0.137. The van der Waals surface area contributed by atoms with Crippen LogP contribution in [0, 0.1) is 0 Å². The first-order chi connectivity index (χ1) is 8.74. The monoisotopic (exact) mass is 244 g/mol. The minimum atomic E-state index is -0.888. The lowest BCUT2D eigenvalue weighted by atomic mass is 10.3. The van der Waals surface area contributed by atoms with Crippen LogP contribution in [0.25, 0.3) is 5.69 Å². The number of para-hydroxylation sites is 1. The van der Waals surface area contributed by atoms with E-state index in [1.165, 1.54) is 6.20 Å². The van der Waals surface area contributed by atoms with Gasteiger partial charge in [0.15, 0.2) is 5.82 Å². The number of ether oxygens (including phenoxy) is 1. The van der Waals surface area contributed by atoms with E-state index < -0.39 is 11.8 Å². The Morgan fingerprint density at radius 1 is 1.28 bits per heavy atom. The second-order valence-electron chi connectivity index (χ2n) is 3.51. The molecule has 0 aliphatic heterocycles. The molecular weight excluding hydrogens is 232 g/mol. The van der Waals surface area contributed by atoms with Crippen molar-refractivity contribution in [2.75, 3.05) is 6.61 Å². The van der Waals surface area contributed by atoms with Crippen LogP contribution in [-0.4, -0.2) is 27.9 Å². The Balaban J connectivity index is 2.34. The predicted molar refractivity (Wildman–Crippen MR) is 64.5 cm³/mol. The highest BCUT2D eigenvalue weighted by Gasteiger charge is 2.22. The zero-order valence-corrected chi connectivity index (χ0v) is 9.87. The maximum absolute atomic E-state index is 11.8. The zero-order chi connectivity index (χ0) is 13.0. The van der Waals surface area contributed by atoms with E-state index in [-0.39, 0.29) is 12.4 Å². The number of benzene rings is 1. The molecular formula is C13H12N2O3. The summed E-state index contributed by atoms with van der Waals surface area (Å²) in [6, 6.07) is 9.20. The quantitative estimate of drug-likeness (QED) is 0.466. The highest BCUT2D eigenvalue weighted by atomic mass is 16.5. The van der Waals surface area contributed by atoms with E-state index in [0.717, 1.165) is 5.69 Å². The van der Waals surface area contributed by atoms with E-state index in [1.807, 2.05) is 30.3 Å². The molecule has 1 aromatic heterocycles. The first-order valence-corrected chi connectivity index (χ1v) is 5.54. The highest BCUT2D eigenvalue weighted by molar-refractivity contribution is 6.39. The fraction of sp³-hybridized carbons (Fsp3) is 0.154. The molecule has 0 saturated heterocycles. The maximum atomic E-state index is 11.8. The molecule has 2 rings (SSSR count). The van der Waals surface area contributed by atoms with Crippen molar-refractivity contribution in [1.29, 1.82) is 0 Å². The van der Waals surface area contributed by atoms with Gasteiger partial charge in [-0.3, -0.25) is 9.36 Å². The first kappa shape index (κ1) is 12.0. The Bertz CT molecular complexity index is 561. The number of carbonyl (C=O) groups excluding carboxylic acids is 2. The number of aromatic nitrogens is 2. The third kappa shape index (κ3) is 2.29. The summed E-state index contributed by atoms with van der Waals surface area (Å²) < 4.78 is 6.23. The number of nitrogens with zero attached hydrogens (tertiary/aromatic N) is 2. The summed E-state index contributed by atoms with van der Waals surface area (Å²) in [5.41, 5.74) is 0.766. The van der Waals surface area contributed by atoms with Crippen LogP contribution in [0.5, 0.6) is 0 Å². The van der Waals surface area contributed by atoms with Gasteiger partial charge < -0.3 is 4.74 Å². The van der Waals surface area contributed by atoms with Crippen LogP contribution in [0.3, 0.4) is 0 Å². The van der Waals surface area contributed by atoms with Gasteiger partial charge in [0.05, 0.1) is 6.61 Å². The Labute approximate surface area is 104 Å². The van der Waals surface area contributed by atoms with Crippen LogP contribution in [0.4, 0.5) is 0 Å².